The first kappa shape index (κ1) is 22.1. The molecule has 0 N–H and O–H groups in total. The van der Waals surface area contributed by atoms with Crippen molar-refractivity contribution in [1.29, 1.82) is 0 Å². The lowest BCUT2D eigenvalue weighted by molar-refractivity contribution is -0.238. The van der Waals surface area contributed by atoms with Crippen LogP contribution in [0.1, 0.15) is 48.0 Å². The number of Topliss-reactive ketones (excluding diaryl/α,β-unsaturated/α-hetero) is 1. The third-order valence-electron chi connectivity index (χ3n) is 6.21. The molecule has 0 aromatic rings. The molecule has 5 fully saturated rings. The largest absolute Gasteiger partial charge is 0.353 e. The zero-order valence-corrected chi connectivity index (χ0v) is 19.0. The molecule has 5 aliphatic heterocycles. The molecule has 0 radical (unpaired) electrons. The van der Waals surface area contributed by atoms with Gasteiger partial charge in [-0.05, 0) is 41.5 Å². The molecular formula is C21H32O10. The van der Waals surface area contributed by atoms with E-state index in [9.17, 15) is 4.79 Å². The SMILES string of the molecule is CO[C@@H]1O[C@H](C(=O)C[C@H]2O[C@@H]3OC(C)(C)O[C@@H]3[C@H]3OC(C)(C)O[C@H]32)[C@H]2OC(C)(C)O[C@@H]12. The minimum atomic E-state index is -0.830. The Kier molecular flexibility index (Phi) is 5.10. The quantitative estimate of drug-likeness (QED) is 0.629. The Morgan fingerprint density at radius 3 is 1.94 bits per heavy atom. The van der Waals surface area contributed by atoms with Gasteiger partial charge >= 0.3 is 0 Å². The van der Waals surface area contributed by atoms with E-state index in [1.165, 1.54) is 7.11 Å². The molecular weight excluding hydrogens is 412 g/mol. The molecule has 0 unspecified atom stereocenters. The van der Waals surface area contributed by atoms with E-state index in [4.69, 9.17) is 42.6 Å². The fraction of sp³-hybridized carbons (Fsp3) is 0.952. The molecule has 0 spiro atoms. The van der Waals surface area contributed by atoms with Crippen molar-refractivity contribution in [3.8, 4) is 0 Å². The van der Waals surface area contributed by atoms with E-state index >= 15 is 0 Å². The smallest absolute Gasteiger partial charge is 0.190 e. The second-order valence-corrected chi connectivity index (χ2v) is 10.1. The average Bonchev–Trinajstić information content (AvgIpc) is 3.31. The topological polar surface area (TPSA) is 100 Å². The maximum absolute atomic E-state index is 13.3. The minimum absolute atomic E-state index is 0.0434. The summed E-state index contributed by atoms with van der Waals surface area (Å²) in [5, 5.41) is 0. The normalized spacial score (nSPS) is 48.9. The zero-order valence-electron chi connectivity index (χ0n) is 19.0. The molecule has 31 heavy (non-hydrogen) atoms. The molecule has 0 saturated carbocycles. The van der Waals surface area contributed by atoms with Crippen molar-refractivity contribution in [2.75, 3.05) is 7.11 Å². The third kappa shape index (κ3) is 3.85. The first-order valence-corrected chi connectivity index (χ1v) is 10.8. The minimum Gasteiger partial charge on any atom is -0.353 e. The van der Waals surface area contributed by atoms with Gasteiger partial charge in [-0.3, -0.25) is 4.79 Å². The zero-order chi connectivity index (χ0) is 22.3. The summed E-state index contributed by atoms with van der Waals surface area (Å²) in [5.41, 5.74) is 0. The molecule has 0 aromatic carbocycles. The molecule has 5 saturated heterocycles. The van der Waals surface area contributed by atoms with Crippen LogP contribution in [0, 0.1) is 0 Å². The van der Waals surface area contributed by atoms with Crippen LogP contribution >= 0.6 is 0 Å². The van der Waals surface area contributed by atoms with Crippen molar-refractivity contribution in [2.45, 2.75) is 121 Å². The van der Waals surface area contributed by atoms with Crippen LogP contribution in [0.2, 0.25) is 0 Å². The van der Waals surface area contributed by atoms with Gasteiger partial charge in [-0.25, -0.2) is 0 Å². The monoisotopic (exact) mass is 444 g/mol. The molecule has 10 heteroatoms. The van der Waals surface area contributed by atoms with Gasteiger partial charge in [0.05, 0.1) is 6.10 Å². The fourth-order valence-corrected chi connectivity index (χ4v) is 5.18. The van der Waals surface area contributed by atoms with Crippen LogP contribution in [0.15, 0.2) is 0 Å². The highest BCUT2D eigenvalue weighted by atomic mass is 16.9. The number of rotatable bonds is 4. The lowest BCUT2D eigenvalue weighted by atomic mass is 9.93. The number of ether oxygens (including phenoxy) is 9. The van der Waals surface area contributed by atoms with Gasteiger partial charge in [0, 0.05) is 13.5 Å². The maximum atomic E-state index is 13.3. The highest BCUT2D eigenvalue weighted by Crippen LogP contribution is 2.45. The molecule has 176 valence electrons. The lowest BCUT2D eigenvalue weighted by Crippen LogP contribution is -2.56. The maximum Gasteiger partial charge on any atom is 0.190 e. The van der Waals surface area contributed by atoms with E-state index in [-0.39, 0.29) is 12.2 Å². The summed E-state index contributed by atoms with van der Waals surface area (Å²) >= 11 is 0. The number of hydrogen-bond acceptors (Lipinski definition) is 10. The van der Waals surface area contributed by atoms with Crippen LogP contribution in [0.3, 0.4) is 0 Å². The molecule has 5 rings (SSSR count). The van der Waals surface area contributed by atoms with Gasteiger partial charge in [-0.2, -0.15) is 0 Å². The number of carbonyl (C=O) groups is 1. The summed E-state index contributed by atoms with van der Waals surface area (Å²) in [7, 11) is 1.52. The molecule has 0 aliphatic carbocycles. The van der Waals surface area contributed by atoms with Crippen molar-refractivity contribution in [2.24, 2.45) is 0 Å². The molecule has 10 nitrogen and oxygen atoms in total. The molecule has 5 aliphatic rings. The number of carbonyl (C=O) groups excluding carboxylic acids is 1. The molecule has 5 heterocycles. The van der Waals surface area contributed by atoms with Crippen LogP contribution in [-0.2, 0) is 47.4 Å². The number of methoxy groups -OCH3 is 1. The Morgan fingerprint density at radius 2 is 1.26 bits per heavy atom. The molecule has 9 atom stereocenters. The number of fused-ring (bicyclic) bond motifs is 4. The average molecular weight is 444 g/mol. The van der Waals surface area contributed by atoms with Gasteiger partial charge in [-0.15, -0.1) is 0 Å². The van der Waals surface area contributed by atoms with Crippen LogP contribution in [0.25, 0.3) is 0 Å². The molecule has 0 bridgehead atoms. The van der Waals surface area contributed by atoms with Gasteiger partial charge in [0.1, 0.15) is 36.6 Å². The summed E-state index contributed by atoms with van der Waals surface area (Å²) in [5.74, 6) is -2.64. The Bertz CT molecular complexity index is 736. The highest BCUT2D eigenvalue weighted by molar-refractivity contribution is 5.84. The Morgan fingerprint density at radius 1 is 0.710 bits per heavy atom. The van der Waals surface area contributed by atoms with Crippen molar-refractivity contribution in [3.63, 3.8) is 0 Å². The first-order chi connectivity index (χ1) is 14.4. The fourth-order valence-electron chi connectivity index (χ4n) is 5.18. The Hall–Kier alpha value is -0.690. The number of hydrogen-bond donors (Lipinski definition) is 0. The van der Waals surface area contributed by atoms with Crippen molar-refractivity contribution in [3.05, 3.63) is 0 Å². The van der Waals surface area contributed by atoms with Crippen molar-refractivity contribution < 1.29 is 47.4 Å². The van der Waals surface area contributed by atoms with Crippen molar-refractivity contribution in [1.82, 2.24) is 0 Å². The van der Waals surface area contributed by atoms with E-state index < -0.39 is 72.7 Å². The third-order valence-corrected chi connectivity index (χ3v) is 6.21. The van der Waals surface area contributed by atoms with Crippen LogP contribution in [-0.4, -0.2) is 85.6 Å². The molecule has 0 amide bonds. The van der Waals surface area contributed by atoms with E-state index in [1.807, 2.05) is 27.7 Å². The van der Waals surface area contributed by atoms with E-state index in [0.29, 0.717) is 0 Å². The summed E-state index contributed by atoms with van der Waals surface area (Å²) < 4.78 is 53.4. The summed E-state index contributed by atoms with van der Waals surface area (Å²) in [6.45, 7) is 10.9. The standard InChI is InChI=1S/C21H32O10/c1-19(2)26-12-10(24-18-16(14(12)28-19)30-21(5,6)31-18)8-9(22)11-13-15(17(23-7)25-11)29-20(3,4)27-13/h10-18H,8H2,1-7H3/t10-,11-,12+,13-,14+,15-,16-,17-,18-/m1/s1. The van der Waals surface area contributed by atoms with E-state index in [1.54, 1.807) is 13.8 Å². The Balaban J connectivity index is 1.34. The molecule has 0 aromatic heterocycles. The van der Waals surface area contributed by atoms with Crippen LogP contribution in [0.4, 0.5) is 0 Å². The van der Waals surface area contributed by atoms with E-state index in [0.717, 1.165) is 0 Å². The highest BCUT2D eigenvalue weighted by Gasteiger charge is 2.62. The predicted octanol–water partition coefficient (Wildman–Crippen LogP) is 1.23. The van der Waals surface area contributed by atoms with Gasteiger partial charge < -0.3 is 42.6 Å². The van der Waals surface area contributed by atoms with E-state index in [2.05, 4.69) is 0 Å². The Labute approximate surface area is 181 Å². The summed E-state index contributed by atoms with van der Waals surface area (Å²) in [4.78, 5) is 13.3. The first-order valence-electron chi connectivity index (χ1n) is 10.8. The predicted molar refractivity (Wildman–Crippen MR) is 102 cm³/mol. The second kappa shape index (κ2) is 7.15. The number of ketones is 1. The van der Waals surface area contributed by atoms with Gasteiger partial charge in [0.15, 0.2) is 35.7 Å². The van der Waals surface area contributed by atoms with Crippen molar-refractivity contribution >= 4 is 5.78 Å². The van der Waals surface area contributed by atoms with Gasteiger partial charge in [0.25, 0.3) is 0 Å². The summed E-state index contributed by atoms with van der Waals surface area (Å²) in [6, 6.07) is 0. The van der Waals surface area contributed by atoms with Crippen LogP contribution < -0.4 is 0 Å². The lowest BCUT2D eigenvalue weighted by Gasteiger charge is -2.37. The summed E-state index contributed by atoms with van der Waals surface area (Å²) in [6.07, 6.45) is -5.07. The van der Waals surface area contributed by atoms with Crippen LogP contribution in [0.5, 0.6) is 0 Å². The van der Waals surface area contributed by atoms with Gasteiger partial charge in [-0.1, -0.05) is 0 Å². The second-order valence-electron chi connectivity index (χ2n) is 10.1. The van der Waals surface area contributed by atoms with Gasteiger partial charge in [0.2, 0.25) is 0 Å².